The van der Waals surface area contributed by atoms with Gasteiger partial charge in [-0.1, -0.05) is 18.2 Å². The maximum Gasteiger partial charge on any atom is 0.342 e. The van der Waals surface area contributed by atoms with Gasteiger partial charge in [-0.2, -0.15) is 0 Å². The third-order valence-electron chi connectivity index (χ3n) is 4.44. The van der Waals surface area contributed by atoms with Crippen LogP contribution in [0.25, 0.3) is 0 Å². The smallest absolute Gasteiger partial charge is 0.342 e. The van der Waals surface area contributed by atoms with Gasteiger partial charge in [-0.05, 0) is 30.2 Å². The van der Waals surface area contributed by atoms with Crippen molar-refractivity contribution in [2.24, 2.45) is 0 Å². The summed E-state index contributed by atoms with van der Waals surface area (Å²) >= 11 is 0. The number of anilines is 1. The molecule has 0 unspecified atom stereocenters. The Bertz CT molecular complexity index is 864. The third-order valence-corrected chi connectivity index (χ3v) is 4.44. The van der Waals surface area contributed by atoms with Crippen LogP contribution in [-0.4, -0.2) is 46.4 Å². The molecular weight excluding hydrogens is 350 g/mol. The van der Waals surface area contributed by atoms with Gasteiger partial charge in [0.2, 0.25) is 5.75 Å². The van der Waals surface area contributed by atoms with Crippen LogP contribution in [0.4, 0.5) is 5.69 Å². The number of benzene rings is 2. The molecular formula is C20H21NO6. The molecule has 3 rings (SSSR count). The van der Waals surface area contributed by atoms with E-state index < -0.39 is 5.97 Å². The molecule has 0 aliphatic carbocycles. The number of carbonyl (C=O) groups excluding carboxylic acids is 2. The van der Waals surface area contributed by atoms with E-state index >= 15 is 0 Å². The lowest BCUT2D eigenvalue weighted by Gasteiger charge is -2.18. The zero-order valence-electron chi connectivity index (χ0n) is 15.5. The van der Waals surface area contributed by atoms with E-state index in [0.29, 0.717) is 12.3 Å². The molecule has 0 radical (unpaired) electrons. The number of carbonyl (C=O) groups is 2. The summed E-state index contributed by atoms with van der Waals surface area (Å²) < 4.78 is 21.0. The van der Waals surface area contributed by atoms with E-state index in [1.165, 1.54) is 27.4 Å². The van der Waals surface area contributed by atoms with Gasteiger partial charge in [0.15, 0.2) is 18.1 Å². The minimum absolute atomic E-state index is 0.157. The van der Waals surface area contributed by atoms with Crippen LogP contribution in [0.5, 0.6) is 17.2 Å². The molecule has 0 atom stereocenters. The van der Waals surface area contributed by atoms with Crippen molar-refractivity contribution in [1.82, 2.24) is 0 Å². The molecule has 1 amide bonds. The van der Waals surface area contributed by atoms with Gasteiger partial charge in [-0.25, -0.2) is 4.79 Å². The normalized spacial score (nSPS) is 12.3. The van der Waals surface area contributed by atoms with E-state index in [-0.39, 0.29) is 29.6 Å². The molecule has 142 valence electrons. The maximum absolute atomic E-state index is 12.5. The van der Waals surface area contributed by atoms with Crippen LogP contribution in [0.1, 0.15) is 15.9 Å². The summed E-state index contributed by atoms with van der Waals surface area (Å²) in [5.74, 6) is -0.0351. The number of para-hydroxylation sites is 1. The van der Waals surface area contributed by atoms with Crippen molar-refractivity contribution in [3.63, 3.8) is 0 Å². The fourth-order valence-electron chi connectivity index (χ4n) is 3.14. The number of amides is 1. The number of nitrogens with zero attached hydrogens (tertiary/aromatic N) is 1. The molecule has 0 aromatic heterocycles. The Labute approximate surface area is 157 Å². The fraction of sp³-hybridized carbons (Fsp3) is 0.300. The summed E-state index contributed by atoms with van der Waals surface area (Å²) in [6.07, 6.45) is 0.791. The van der Waals surface area contributed by atoms with E-state index in [4.69, 9.17) is 18.9 Å². The largest absolute Gasteiger partial charge is 0.493 e. The van der Waals surface area contributed by atoms with Crippen LogP contribution < -0.4 is 19.1 Å². The van der Waals surface area contributed by atoms with E-state index in [1.807, 2.05) is 24.3 Å². The minimum atomic E-state index is -0.673. The van der Waals surface area contributed by atoms with Crippen LogP contribution in [0.15, 0.2) is 36.4 Å². The van der Waals surface area contributed by atoms with Crippen molar-refractivity contribution in [1.29, 1.82) is 0 Å². The molecule has 1 aliphatic heterocycles. The standard InChI is InChI=1S/C20H21NO6/c1-24-16-9-8-14(18(25-2)19(16)26-3)20(23)27-12-17(22)21-11-10-13-6-4-5-7-15(13)21/h4-9H,10-12H2,1-3H3. The average Bonchev–Trinajstić information content (AvgIpc) is 3.14. The van der Waals surface area contributed by atoms with Gasteiger partial charge in [0.25, 0.3) is 5.91 Å². The Balaban J connectivity index is 1.72. The van der Waals surface area contributed by atoms with Crippen molar-refractivity contribution in [3.05, 3.63) is 47.5 Å². The Morgan fingerprint density at radius 1 is 0.963 bits per heavy atom. The molecule has 1 heterocycles. The van der Waals surface area contributed by atoms with Crippen LogP contribution in [-0.2, 0) is 16.0 Å². The molecule has 0 saturated heterocycles. The third kappa shape index (κ3) is 3.53. The van der Waals surface area contributed by atoms with Crippen LogP contribution in [0.2, 0.25) is 0 Å². The van der Waals surface area contributed by atoms with Gasteiger partial charge in [0.05, 0.1) is 21.3 Å². The van der Waals surface area contributed by atoms with Crippen LogP contribution >= 0.6 is 0 Å². The molecule has 0 bridgehead atoms. The molecule has 0 spiro atoms. The second kappa shape index (κ2) is 7.99. The summed E-state index contributed by atoms with van der Waals surface area (Å²) in [5, 5.41) is 0. The highest BCUT2D eigenvalue weighted by atomic mass is 16.5. The molecule has 7 nitrogen and oxygen atoms in total. The first kappa shape index (κ1) is 18.6. The van der Waals surface area contributed by atoms with Gasteiger partial charge in [-0.3, -0.25) is 4.79 Å². The van der Waals surface area contributed by atoms with Gasteiger partial charge in [-0.15, -0.1) is 0 Å². The second-order valence-electron chi connectivity index (χ2n) is 5.88. The molecule has 2 aromatic rings. The van der Waals surface area contributed by atoms with E-state index in [0.717, 1.165) is 17.7 Å². The van der Waals surface area contributed by atoms with Crippen molar-refractivity contribution in [2.45, 2.75) is 6.42 Å². The average molecular weight is 371 g/mol. The monoisotopic (exact) mass is 371 g/mol. The number of rotatable bonds is 6. The number of esters is 1. The number of methoxy groups -OCH3 is 3. The Kier molecular flexibility index (Phi) is 5.49. The number of fused-ring (bicyclic) bond motifs is 1. The van der Waals surface area contributed by atoms with E-state index in [9.17, 15) is 9.59 Å². The SMILES string of the molecule is COc1ccc(C(=O)OCC(=O)N2CCc3ccccc32)c(OC)c1OC. The van der Waals surface area contributed by atoms with Crippen molar-refractivity contribution >= 4 is 17.6 Å². The second-order valence-corrected chi connectivity index (χ2v) is 5.88. The first-order valence-electron chi connectivity index (χ1n) is 8.45. The lowest BCUT2D eigenvalue weighted by Crippen LogP contribution is -2.33. The molecule has 27 heavy (non-hydrogen) atoms. The van der Waals surface area contributed by atoms with Gasteiger partial charge in [0.1, 0.15) is 5.56 Å². The lowest BCUT2D eigenvalue weighted by molar-refractivity contribution is -0.121. The topological polar surface area (TPSA) is 74.3 Å². The Morgan fingerprint density at radius 2 is 1.70 bits per heavy atom. The summed E-state index contributed by atoms with van der Waals surface area (Å²) in [6, 6.07) is 10.8. The molecule has 0 fully saturated rings. The molecule has 2 aromatic carbocycles. The van der Waals surface area contributed by atoms with Crippen LogP contribution in [0, 0.1) is 0 Å². The van der Waals surface area contributed by atoms with Gasteiger partial charge < -0.3 is 23.8 Å². The summed E-state index contributed by atoms with van der Waals surface area (Å²) in [6.45, 7) is 0.222. The highest BCUT2D eigenvalue weighted by Gasteiger charge is 2.26. The Hall–Kier alpha value is -3.22. The first-order chi connectivity index (χ1) is 13.1. The van der Waals surface area contributed by atoms with Gasteiger partial charge >= 0.3 is 5.97 Å². The molecule has 0 saturated carbocycles. The number of ether oxygens (including phenoxy) is 4. The lowest BCUT2D eigenvalue weighted by atomic mass is 10.1. The highest BCUT2D eigenvalue weighted by molar-refractivity contribution is 5.99. The van der Waals surface area contributed by atoms with E-state index in [2.05, 4.69) is 0 Å². The predicted molar refractivity (Wildman–Crippen MR) is 98.9 cm³/mol. The quantitative estimate of drug-likeness (QED) is 0.726. The van der Waals surface area contributed by atoms with Crippen molar-refractivity contribution in [3.8, 4) is 17.2 Å². The van der Waals surface area contributed by atoms with Crippen LogP contribution in [0.3, 0.4) is 0 Å². The zero-order chi connectivity index (χ0) is 19.4. The van der Waals surface area contributed by atoms with Gasteiger partial charge in [0, 0.05) is 12.2 Å². The predicted octanol–water partition coefficient (Wildman–Crippen LogP) is 2.46. The summed E-state index contributed by atoms with van der Waals surface area (Å²) in [4.78, 5) is 26.6. The van der Waals surface area contributed by atoms with Crippen molar-refractivity contribution in [2.75, 3.05) is 39.4 Å². The zero-order valence-corrected chi connectivity index (χ0v) is 15.5. The number of hydrogen-bond acceptors (Lipinski definition) is 6. The fourth-order valence-corrected chi connectivity index (χ4v) is 3.14. The summed E-state index contributed by atoms with van der Waals surface area (Å²) in [7, 11) is 4.35. The van der Waals surface area contributed by atoms with E-state index in [1.54, 1.807) is 11.0 Å². The Morgan fingerprint density at radius 3 is 2.41 bits per heavy atom. The minimum Gasteiger partial charge on any atom is -0.493 e. The molecule has 1 aliphatic rings. The summed E-state index contributed by atoms with van der Waals surface area (Å²) in [5.41, 5.74) is 2.13. The molecule has 7 heteroatoms. The van der Waals surface area contributed by atoms with Crippen molar-refractivity contribution < 1.29 is 28.5 Å². The number of hydrogen-bond donors (Lipinski definition) is 0. The first-order valence-corrected chi connectivity index (χ1v) is 8.45. The highest BCUT2D eigenvalue weighted by Crippen LogP contribution is 2.40. The maximum atomic E-state index is 12.5. The molecule has 0 N–H and O–H groups in total.